The zero-order chi connectivity index (χ0) is 16.1. The lowest BCUT2D eigenvalue weighted by molar-refractivity contribution is -0.118. The molecule has 120 valence electrons. The Morgan fingerprint density at radius 2 is 2.09 bits per heavy atom. The van der Waals surface area contributed by atoms with E-state index in [0.29, 0.717) is 24.9 Å². The largest absolute Gasteiger partial charge is 0.352 e. The van der Waals surface area contributed by atoms with Crippen LogP contribution in [0.15, 0.2) is 41.1 Å². The molecule has 1 aliphatic heterocycles. The second-order valence-electron chi connectivity index (χ2n) is 5.65. The number of aryl methyl sites for hydroxylation is 1. The maximum atomic E-state index is 12.4. The van der Waals surface area contributed by atoms with Gasteiger partial charge in [0, 0.05) is 36.1 Å². The van der Waals surface area contributed by atoms with Crippen molar-refractivity contribution < 1.29 is 9.59 Å². The van der Waals surface area contributed by atoms with Crippen molar-refractivity contribution in [1.29, 1.82) is 0 Å². The average Bonchev–Trinajstić information content (AvgIpc) is 3.12. The Labute approximate surface area is 140 Å². The normalized spacial score (nSPS) is 13.5. The molecule has 0 atom stereocenters. The lowest BCUT2D eigenvalue weighted by Gasteiger charge is -2.29. The third-order valence-corrected chi connectivity index (χ3v) is 4.73. The average molecular weight is 328 g/mol. The van der Waals surface area contributed by atoms with E-state index >= 15 is 0 Å². The van der Waals surface area contributed by atoms with Crippen LogP contribution in [0.4, 0.5) is 5.69 Å². The van der Waals surface area contributed by atoms with Crippen LogP contribution in [0.3, 0.4) is 0 Å². The molecule has 0 fully saturated rings. The Hall–Kier alpha value is -2.14. The minimum absolute atomic E-state index is 0.0676. The molecule has 0 aliphatic carbocycles. The molecular weight excluding hydrogens is 308 g/mol. The number of carbonyl (C=O) groups is 2. The van der Waals surface area contributed by atoms with Gasteiger partial charge < -0.3 is 10.2 Å². The van der Waals surface area contributed by atoms with Gasteiger partial charge in [-0.1, -0.05) is 18.2 Å². The zero-order valence-electron chi connectivity index (χ0n) is 13.0. The minimum atomic E-state index is -0.0676. The van der Waals surface area contributed by atoms with Gasteiger partial charge in [0.05, 0.1) is 0 Å². The van der Waals surface area contributed by atoms with Crippen LogP contribution in [-0.2, 0) is 11.2 Å². The van der Waals surface area contributed by atoms with E-state index in [-0.39, 0.29) is 11.8 Å². The number of hydrogen-bond acceptors (Lipinski definition) is 3. The molecule has 0 saturated carbocycles. The van der Waals surface area contributed by atoms with E-state index < -0.39 is 0 Å². The molecule has 2 heterocycles. The van der Waals surface area contributed by atoms with Crippen molar-refractivity contribution in [2.75, 3.05) is 18.0 Å². The molecule has 3 rings (SSSR count). The van der Waals surface area contributed by atoms with Crippen LogP contribution in [0.2, 0.25) is 0 Å². The maximum absolute atomic E-state index is 12.4. The Kier molecular flexibility index (Phi) is 5.08. The number of nitrogens with one attached hydrogen (secondary N) is 1. The summed E-state index contributed by atoms with van der Waals surface area (Å²) in [6.07, 6.45) is 3.17. The topological polar surface area (TPSA) is 49.4 Å². The van der Waals surface area contributed by atoms with Crippen LogP contribution in [0.1, 0.15) is 35.2 Å². The molecule has 4 nitrogen and oxygen atoms in total. The van der Waals surface area contributed by atoms with E-state index in [1.807, 2.05) is 33.9 Å². The van der Waals surface area contributed by atoms with E-state index in [1.54, 1.807) is 6.07 Å². The van der Waals surface area contributed by atoms with E-state index in [2.05, 4.69) is 11.4 Å². The summed E-state index contributed by atoms with van der Waals surface area (Å²) in [7, 11) is 0. The Morgan fingerprint density at radius 1 is 1.22 bits per heavy atom. The summed E-state index contributed by atoms with van der Waals surface area (Å²) >= 11 is 1.50. The molecule has 5 heteroatoms. The lowest BCUT2D eigenvalue weighted by Crippen LogP contribution is -2.36. The zero-order valence-corrected chi connectivity index (χ0v) is 13.8. The van der Waals surface area contributed by atoms with Gasteiger partial charge in [-0.3, -0.25) is 9.59 Å². The smallest absolute Gasteiger partial charge is 0.252 e. The van der Waals surface area contributed by atoms with Crippen LogP contribution in [0, 0.1) is 0 Å². The predicted octanol–water partition coefficient (Wildman–Crippen LogP) is 3.24. The number of carbonyl (C=O) groups excluding carboxylic acids is 2. The van der Waals surface area contributed by atoms with Crippen molar-refractivity contribution in [2.45, 2.75) is 25.7 Å². The molecule has 2 amide bonds. The molecule has 2 aromatic rings. The summed E-state index contributed by atoms with van der Waals surface area (Å²) in [5.74, 6) is 0.0731. The van der Waals surface area contributed by atoms with Crippen molar-refractivity contribution in [3.05, 3.63) is 52.2 Å². The molecule has 1 aromatic heterocycles. The van der Waals surface area contributed by atoms with Crippen LogP contribution in [0.25, 0.3) is 0 Å². The number of anilines is 1. The molecule has 1 aliphatic rings. The number of rotatable bonds is 5. The Morgan fingerprint density at radius 3 is 2.91 bits per heavy atom. The van der Waals surface area contributed by atoms with Crippen molar-refractivity contribution in [3.8, 4) is 0 Å². The summed E-state index contributed by atoms with van der Waals surface area (Å²) in [6.45, 7) is 1.31. The standard InChI is InChI=1S/C18H20N2O2S/c21-17(8-3-10-19-18(22)15-9-12-23-13-15)20-11-4-6-14-5-1-2-7-16(14)20/h1-2,5,7,9,12-13H,3-4,6,8,10-11H2,(H,19,22). The number of thiophene rings is 1. The second kappa shape index (κ2) is 7.42. The van der Waals surface area contributed by atoms with Crippen LogP contribution < -0.4 is 10.2 Å². The summed E-state index contributed by atoms with van der Waals surface area (Å²) in [6, 6.07) is 9.91. The first kappa shape index (κ1) is 15.7. The molecule has 1 N–H and O–H groups in total. The first-order chi connectivity index (χ1) is 11.3. The van der Waals surface area contributed by atoms with Gasteiger partial charge in [0.15, 0.2) is 0 Å². The van der Waals surface area contributed by atoms with Crippen LogP contribution in [-0.4, -0.2) is 24.9 Å². The quantitative estimate of drug-likeness (QED) is 0.857. The van der Waals surface area contributed by atoms with E-state index in [9.17, 15) is 9.59 Å². The fraction of sp³-hybridized carbons (Fsp3) is 0.333. The molecule has 0 spiro atoms. The highest BCUT2D eigenvalue weighted by Crippen LogP contribution is 2.27. The third kappa shape index (κ3) is 3.79. The number of nitrogens with zero attached hydrogens (tertiary/aromatic N) is 1. The fourth-order valence-electron chi connectivity index (χ4n) is 2.86. The van der Waals surface area contributed by atoms with E-state index in [4.69, 9.17) is 0 Å². The summed E-state index contributed by atoms with van der Waals surface area (Å²) in [5, 5.41) is 6.57. The van der Waals surface area contributed by atoms with Gasteiger partial charge >= 0.3 is 0 Å². The van der Waals surface area contributed by atoms with Gasteiger partial charge in [0.2, 0.25) is 5.91 Å². The summed E-state index contributed by atoms with van der Waals surface area (Å²) < 4.78 is 0. The number of amides is 2. The van der Waals surface area contributed by atoms with E-state index in [0.717, 1.165) is 25.1 Å². The third-order valence-electron chi connectivity index (χ3n) is 4.05. The summed E-state index contributed by atoms with van der Waals surface area (Å²) in [5.41, 5.74) is 2.98. The molecule has 0 bridgehead atoms. The number of para-hydroxylation sites is 1. The van der Waals surface area contributed by atoms with Gasteiger partial charge in [-0.2, -0.15) is 11.3 Å². The minimum Gasteiger partial charge on any atom is -0.352 e. The Balaban J connectivity index is 1.48. The molecule has 23 heavy (non-hydrogen) atoms. The molecule has 1 aromatic carbocycles. The highest BCUT2D eigenvalue weighted by molar-refractivity contribution is 7.08. The van der Waals surface area contributed by atoms with Crippen LogP contribution >= 0.6 is 11.3 Å². The monoisotopic (exact) mass is 328 g/mol. The number of benzene rings is 1. The van der Waals surface area contributed by atoms with Gasteiger partial charge in [-0.25, -0.2) is 0 Å². The fourth-order valence-corrected chi connectivity index (χ4v) is 3.50. The highest BCUT2D eigenvalue weighted by Gasteiger charge is 2.21. The molecule has 0 radical (unpaired) electrons. The SMILES string of the molecule is O=C(NCCCC(=O)N1CCCc2ccccc21)c1ccsc1. The highest BCUT2D eigenvalue weighted by atomic mass is 32.1. The lowest BCUT2D eigenvalue weighted by atomic mass is 10.0. The molecule has 0 unspecified atom stereocenters. The van der Waals surface area contributed by atoms with E-state index in [1.165, 1.54) is 16.9 Å². The first-order valence-electron chi connectivity index (χ1n) is 7.94. The van der Waals surface area contributed by atoms with Crippen molar-refractivity contribution in [2.24, 2.45) is 0 Å². The van der Waals surface area contributed by atoms with Gasteiger partial charge in [0.25, 0.3) is 5.91 Å². The van der Waals surface area contributed by atoms with Gasteiger partial charge in [0.1, 0.15) is 0 Å². The molecular formula is C18H20N2O2S. The van der Waals surface area contributed by atoms with Gasteiger partial charge in [-0.15, -0.1) is 0 Å². The van der Waals surface area contributed by atoms with Crippen molar-refractivity contribution in [1.82, 2.24) is 5.32 Å². The maximum Gasteiger partial charge on any atom is 0.252 e. The summed E-state index contributed by atoms with van der Waals surface area (Å²) in [4.78, 5) is 26.2. The van der Waals surface area contributed by atoms with Crippen LogP contribution in [0.5, 0.6) is 0 Å². The predicted molar refractivity (Wildman–Crippen MR) is 93.0 cm³/mol. The van der Waals surface area contributed by atoms with Crippen molar-refractivity contribution in [3.63, 3.8) is 0 Å². The van der Waals surface area contributed by atoms with Crippen molar-refractivity contribution >= 4 is 28.8 Å². The number of hydrogen-bond donors (Lipinski definition) is 1. The number of fused-ring (bicyclic) bond motifs is 1. The van der Waals surface area contributed by atoms with Gasteiger partial charge in [-0.05, 0) is 42.3 Å². The molecule has 0 saturated heterocycles. The second-order valence-corrected chi connectivity index (χ2v) is 6.43. The Bertz CT molecular complexity index is 682. The first-order valence-corrected chi connectivity index (χ1v) is 8.88.